The van der Waals surface area contributed by atoms with E-state index in [1.54, 1.807) is 30.3 Å². The largest absolute Gasteiger partial charge is 0.493 e. The number of carbonyl (C=O) groups excluding carboxylic acids is 1. The van der Waals surface area contributed by atoms with Gasteiger partial charge in [-0.25, -0.2) is 0 Å². The first-order valence-corrected chi connectivity index (χ1v) is 7.93. The van der Waals surface area contributed by atoms with Gasteiger partial charge in [0.25, 0.3) is 0 Å². The molecule has 0 bridgehead atoms. The Kier molecular flexibility index (Phi) is 5.40. The van der Waals surface area contributed by atoms with E-state index < -0.39 is 6.61 Å². The van der Waals surface area contributed by atoms with Crippen LogP contribution in [0.5, 0.6) is 17.2 Å². The van der Waals surface area contributed by atoms with E-state index in [4.69, 9.17) is 13.9 Å². The van der Waals surface area contributed by atoms with Crippen LogP contribution in [0.1, 0.15) is 16.1 Å². The van der Waals surface area contributed by atoms with Crippen LogP contribution in [0.2, 0.25) is 0 Å². The number of ketones is 1. The third-order valence-corrected chi connectivity index (χ3v) is 3.80. The van der Waals surface area contributed by atoms with Gasteiger partial charge in [0.15, 0.2) is 28.6 Å². The summed E-state index contributed by atoms with van der Waals surface area (Å²) < 4.78 is 45.2. The zero-order valence-electron chi connectivity index (χ0n) is 14.6. The van der Waals surface area contributed by atoms with Gasteiger partial charge in [-0.2, -0.15) is 8.78 Å². The normalized spacial score (nSPS) is 11.3. The summed E-state index contributed by atoms with van der Waals surface area (Å²) >= 11 is 0. The van der Waals surface area contributed by atoms with Crippen molar-refractivity contribution < 1.29 is 32.2 Å². The number of hydrogen-bond donors (Lipinski definition) is 0. The predicted octanol–water partition coefficient (Wildman–Crippen LogP) is 4.95. The van der Waals surface area contributed by atoms with Crippen LogP contribution >= 0.6 is 0 Å². The number of alkyl halides is 2. The topological polar surface area (TPSA) is 57.9 Å². The molecule has 0 fully saturated rings. The van der Waals surface area contributed by atoms with Gasteiger partial charge in [-0.3, -0.25) is 4.79 Å². The van der Waals surface area contributed by atoms with Crippen molar-refractivity contribution in [3.8, 4) is 17.2 Å². The van der Waals surface area contributed by atoms with Gasteiger partial charge < -0.3 is 18.6 Å². The molecule has 0 saturated heterocycles. The van der Waals surface area contributed by atoms with Crippen LogP contribution in [0, 0.1) is 0 Å². The smallest absolute Gasteiger partial charge is 0.387 e. The SMILES string of the molecule is COc1ccc(/C=C/C(=O)c2cc3cccc(OC)c3o2)cc1OC(F)F. The fraction of sp³-hybridized carbons (Fsp3) is 0.150. The minimum atomic E-state index is -2.98. The predicted molar refractivity (Wildman–Crippen MR) is 95.8 cm³/mol. The number of furan rings is 1. The Balaban J connectivity index is 1.84. The number of rotatable bonds is 7. The molecular formula is C20H16F2O5. The lowest BCUT2D eigenvalue weighted by Gasteiger charge is -2.10. The van der Waals surface area contributed by atoms with Crippen LogP contribution in [0.25, 0.3) is 17.0 Å². The van der Waals surface area contributed by atoms with Crippen molar-refractivity contribution in [3.63, 3.8) is 0 Å². The summed E-state index contributed by atoms with van der Waals surface area (Å²) in [5, 5.41) is 0.739. The molecule has 0 amide bonds. The highest BCUT2D eigenvalue weighted by atomic mass is 19.3. The summed E-state index contributed by atoms with van der Waals surface area (Å²) in [4.78, 5) is 12.4. The van der Waals surface area contributed by atoms with Crippen molar-refractivity contribution in [2.24, 2.45) is 0 Å². The summed E-state index contributed by atoms with van der Waals surface area (Å²) in [6.45, 7) is -2.98. The molecule has 0 atom stereocenters. The molecule has 0 aliphatic heterocycles. The van der Waals surface area contributed by atoms with E-state index in [1.807, 2.05) is 0 Å². The van der Waals surface area contributed by atoms with E-state index in [2.05, 4.69) is 4.74 Å². The molecule has 1 heterocycles. The average molecular weight is 374 g/mol. The Hall–Kier alpha value is -3.35. The van der Waals surface area contributed by atoms with Gasteiger partial charge in [-0.15, -0.1) is 0 Å². The molecule has 3 aromatic rings. The molecule has 5 nitrogen and oxygen atoms in total. The number of allylic oxidation sites excluding steroid dienone is 1. The van der Waals surface area contributed by atoms with Crippen molar-refractivity contribution in [2.45, 2.75) is 6.61 Å². The molecule has 0 aliphatic carbocycles. The molecule has 140 valence electrons. The monoisotopic (exact) mass is 374 g/mol. The van der Waals surface area contributed by atoms with Gasteiger partial charge in [0.2, 0.25) is 5.78 Å². The second-order valence-electron chi connectivity index (χ2n) is 5.48. The Labute approximate surface area is 153 Å². The third kappa shape index (κ3) is 4.08. The Bertz CT molecular complexity index is 991. The average Bonchev–Trinajstić information content (AvgIpc) is 3.10. The standard InChI is InChI=1S/C20H16F2O5/c1-24-15-9-7-12(10-18(15)27-20(21)22)6-8-14(23)17-11-13-4-3-5-16(25-2)19(13)26-17/h3-11,20H,1-2H3/b8-6+. The van der Waals surface area contributed by atoms with E-state index in [0.717, 1.165) is 5.39 Å². The molecule has 0 saturated carbocycles. The van der Waals surface area contributed by atoms with E-state index in [-0.39, 0.29) is 23.0 Å². The Morgan fingerprint density at radius 3 is 2.52 bits per heavy atom. The number of carbonyl (C=O) groups is 1. The molecule has 0 aliphatic rings. The summed E-state index contributed by atoms with van der Waals surface area (Å²) in [5.74, 6) is 0.349. The van der Waals surface area contributed by atoms with Crippen molar-refractivity contribution >= 4 is 22.8 Å². The van der Waals surface area contributed by atoms with Gasteiger partial charge >= 0.3 is 6.61 Å². The summed E-state index contributed by atoms with van der Waals surface area (Å²) in [6, 6.07) is 11.4. The molecule has 7 heteroatoms. The van der Waals surface area contributed by atoms with Crippen molar-refractivity contribution in [1.82, 2.24) is 0 Å². The van der Waals surface area contributed by atoms with Crippen LogP contribution in [-0.4, -0.2) is 26.6 Å². The number of fused-ring (bicyclic) bond motifs is 1. The highest BCUT2D eigenvalue weighted by Crippen LogP contribution is 2.31. The first-order chi connectivity index (χ1) is 13.0. The van der Waals surface area contributed by atoms with E-state index in [9.17, 15) is 13.6 Å². The molecule has 3 rings (SSSR count). The maximum Gasteiger partial charge on any atom is 0.387 e. The number of ether oxygens (including phenoxy) is 3. The number of hydrogen-bond acceptors (Lipinski definition) is 5. The minimum absolute atomic E-state index is 0.115. The molecule has 0 radical (unpaired) electrons. The van der Waals surface area contributed by atoms with Crippen molar-refractivity contribution in [3.05, 3.63) is 59.9 Å². The lowest BCUT2D eigenvalue weighted by atomic mass is 10.1. The molecule has 2 aromatic carbocycles. The van der Waals surface area contributed by atoms with Crippen molar-refractivity contribution in [2.75, 3.05) is 14.2 Å². The van der Waals surface area contributed by atoms with E-state index in [0.29, 0.717) is 16.9 Å². The molecule has 27 heavy (non-hydrogen) atoms. The molecule has 0 unspecified atom stereocenters. The maximum atomic E-state index is 12.5. The molecule has 0 spiro atoms. The summed E-state index contributed by atoms with van der Waals surface area (Å²) in [6.07, 6.45) is 2.77. The lowest BCUT2D eigenvalue weighted by Crippen LogP contribution is -2.03. The number of para-hydroxylation sites is 1. The molecule has 1 aromatic heterocycles. The fourth-order valence-corrected chi connectivity index (χ4v) is 2.56. The zero-order chi connectivity index (χ0) is 19.4. The number of halogens is 2. The van der Waals surface area contributed by atoms with Gasteiger partial charge in [-0.05, 0) is 35.9 Å². The quantitative estimate of drug-likeness (QED) is 0.433. The van der Waals surface area contributed by atoms with Crippen LogP contribution in [-0.2, 0) is 0 Å². The van der Waals surface area contributed by atoms with Gasteiger partial charge in [0, 0.05) is 5.39 Å². The van der Waals surface area contributed by atoms with E-state index in [1.165, 1.54) is 38.5 Å². The van der Waals surface area contributed by atoms with Crippen LogP contribution in [0.4, 0.5) is 8.78 Å². The van der Waals surface area contributed by atoms with Gasteiger partial charge in [0.05, 0.1) is 14.2 Å². The van der Waals surface area contributed by atoms with Crippen LogP contribution in [0.15, 0.2) is 53.0 Å². The minimum Gasteiger partial charge on any atom is -0.493 e. The number of methoxy groups -OCH3 is 2. The summed E-state index contributed by atoms with van der Waals surface area (Å²) in [7, 11) is 2.87. The Morgan fingerprint density at radius 1 is 1.04 bits per heavy atom. The number of benzene rings is 2. The summed E-state index contributed by atoms with van der Waals surface area (Å²) in [5.41, 5.74) is 0.974. The van der Waals surface area contributed by atoms with Crippen LogP contribution < -0.4 is 14.2 Å². The first-order valence-electron chi connectivity index (χ1n) is 7.93. The third-order valence-electron chi connectivity index (χ3n) is 3.80. The maximum absolute atomic E-state index is 12.5. The fourth-order valence-electron chi connectivity index (χ4n) is 2.56. The first kappa shape index (κ1) is 18.4. The van der Waals surface area contributed by atoms with Gasteiger partial charge in [-0.1, -0.05) is 24.3 Å². The van der Waals surface area contributed by atoms with Crippen molar-refractivity contribution in [1.29, 1.82) is 0 Å². The highest BCUT2D eigenvalue weighted by Gasteiger charge is 2.14. The molecular weight excluding hydrogens is 358 g/mol. The zero-order valence-corrected chi connectivity index (χ0v) is 14.6. The van der Waals surface area contributed by atoms with E-state index >= 15 is 0 Å². The van der Waals surface area contributed by atoms with Crippen LogP contribution in [0.3, 0.4) is 0 Å². The lowest BCUT2D eigenvalue weighted by molar-refractivity contribution is -0.0512. The highest BCUT2D eigenvalue weighted by molar-refractivity contribution is 6.07. The molecule has 0 N–H and O–H groups in total. The Morgan fingerprint density at radius 2 is 1.81 bits per heavy atom. The second kappa shape index (κ2) is 7.90. The van der Waals surface area contributed by atoms with Gasteiger partial charge in [0.1, 0.15) is 0 Å². The second-order valence-corrected chi connectivity index (χ2v) is 5.48.